The van der Waals surface area contributed by atoms with E-state index in [0.29, 0.717) is 12.5 Å². The highest BCUT2D eigenvalue weighted by molar-refractivity contribution is 5.82. The van der Waals surface area contributed by atoms with Crippen LogP contribution in [0, 0.1) is 11.8 Å². The minimum Gasteiger partial charge on any atom is -0.383 e. The van der Waals surface area contributed by atoms with Gasteiger partial charge in [0.2, 0.25) is 5.91 Å². The molecule has 0 aliphatic heterocycles. The minimum absolute atomic E-state index is 0.0565. The molecule has 1 amide bonds. The summed E-state index contributed by atoms with van der Waals surface area (Å²) in [5.74, 6) is 0.708. The Hall–Kier alpha value is -0.610. The highest BCUT2D eigenvalue weighted by atomic mass is 16.5. The lowest BCUT2D eigenvalue weighted by molar-refractivity contribution is -0.124. The van der Waals surface area contributed by atoms with E-state index in [4.69, 9.17) is 10.5 Å². The third-order valence-corrected chi connectivity index (χ3v) is 2.89. The van der Waals surface area contributed by atoms with Crippen molar-refractivity contribution in [2.75, 3.05) is 13.7 Å². The first-order valence-corrected chi connectivity index (χ1v) is 5.61. The van der Waals surface area contributed by atoms with E-state index in [9.17, 15) is 4.79 Å². The summed E-state index contributed by atoms with van der Waals surface area (Å²) in [6, 6.07) is -0.268. The average molecular weight is 214 g/mol. The summed E-state index contributed by atoms with van der Waals surface area (Å²) >= 11 is 0. The molecule has 1 fully saturated rings. The molecule has 1 aliphatic rings. The van der Waals surface area contributed by atoms with Crippen LogP contribution in [-0.2, 0) is 9.53 Å². The van der Waals surface area contributed by atoms with Gasteiger partial charge in [-0.1, -0.05) is 13.8 Å². The van der Waals surface area contributed by atoms with Crippen LogP contribution in [-0.4, -0.2) is 31.7 Å². The zero-order valence-corrected chi connectivity index (χ0v) is 9.82. The summed E-state index contributed by atoms with van der Waals surface area (Å²) in [7, 11) is 1.66. The van der Waals surface area contributed by atoms with E-state index in [2.05, 4.69) is 5.32 Å². The molecular weight excluding hydrogens is 192 g/mol. The summed E-state index contributed by atoms with van der Waals surface area (Å²) in [6.07, 6.45) is 2.37. The van der Waals surface area contributed by atoms with E-state index < -0.39 is 6.04 Å². The Morgan fingerprint density at radius 2 is 2.13 bits per heavy atom. The number of ether oxygens (including phenoxy) is 1. The van der Waals surface area contributed by atoms with Gasteiger partial charge in [0, 0.05) is 7.11 Å². The molecule has 0 spiro atoms. The predicted molar refractivity (Wildman–Crippen MR) is 59.3 cm³/mol. The van der Waals surface area contributed by atoms with Gasteiger partial charge < -0.3 is 15.8 Å². The van der Waals surface area contributed by atoms with Crippen molar-refractivity contribution in [3.63, 3.8) is 0 Å². The number of nitrogens with one attached hydrogen (secondary N) is 1. The molecule has 3 N–H and O–H groups in total. The lowest BCUT2D eigenvalue weighted by Gasteiger charge is -2.21. The van der Waals surface area contributed by atoms with E-state index >= 15 is 0 Å². The van der Waals surface area contributed by atoms with Crippen LogP contribution in [0.15, 0.2) is 0 Å². The van der Waals surface area contributed by atoms with Gasteiger partial charge in [0.05, 0.1) is 18.7 Å². The Morgan fingerprint density at radius 3 is 2.53 bits per heavy atom. The van der Waals surface area contributed by atoms with Crippen molar-refractivity contribution in [2.24, 2.45) is 17.6 Å². The first kappa shape index (κ1) is 12.5. The lowest BCUT2D eigenvalue weighted by atomic mass is 10.0. The van der Waals surface area contributed by atoms with Gasteiger partial charge in [-0.2, -0.15) is 0 Å². The third-order valence-electron chi connectivity index (χ3n) is 2.89. The van der Waals surface area contributed by atoms with Crippen LogP contribution in [0.5, 0.6) is 0 Å². The number of hydrogen-bond acceptors (Lipinski definition) is 3. The van der Waals surface area contributed by atoms with Gasteiger partial charge in [0.1, 0.15) is 0 Å². The van der Waals surface area contributed by atoms with Crippen molar-refractivity contribution in [1.82, 2.24) is 5.32 Å². The summed E-state index contributed by atoms with van der Waals surface area (Å²) in [5, 5.41) is 2.97. The van der Waals surface area contributed by atoms with Crippen LogP contribution >= 0.6 is 0 Å². The van der Waals surface area contributed by atoms with Gasteiger partial charge in [0.15, 0.2) is 0 Å². The van der Waals surface area contributed by atoms with Gasteiger partial charge in [0.25, 0.3) is 0 Å². The molecule has 0 aromatic heterocycles. The minimum atomic E-state index is -0.414. The molecule has 88 valence electrons. The standard InChI is InChI=1S/C11H22N2O2/c1-7(2)10(12)11(14)13-9(6-15-3)8-4-5-8/h7-10H,4-6,12H2,1-3H3,(H,13,14). The molecule has 15 heavy (non-hydrogen) atoms. The van der Waals surface area contributed by atoms with Gasteiger partial charge >= 0.3 is 0 Å². The average Bonchev–Trinajstić information content (AvgIpc) is 2.98. The van der Waals surface area contributed by atoms with Crippen molar-refractivity contribution >= 4 is 5.91 Å². The largest absolute Gasteiger partial charge is 0.383 e. The quantitative estimate of drug-likeness (QED) is 0.677. The molecule has 0 radical (unpaired) electrons. The summed E-state index contributed by atoms with van der Waals surface area (Å²) in [4.78, 5) is 11.7. The number of carbonyl (C=O) groups excluding carboxylic acids is 1. The Morgan fingerprint density at radius 1 is 1.53 bits per heavy atom. The maximum Gasteiger partial charge on any atom is 0.237 e. The SMILES string of the molecule is COCC(NC(=O)C(N)C(C)C)C1CC1. The van der Waals surface area contributed by atoms with E-state index in [1.807, 2.05) is 13.8 Å². The molecule has 2 unspecified atom stereocenters. The smallest absolute Gasteiger partial charge is 0.237 e. The Labute approximate surface area is 91.5 Å². The van der Waals surface area contributed by atoms with Crippen LogP contribution in [0.2, 0.25) is 0 Å². The Kier molecular flexibility index (Phi) is 4.54. The molecule has 0 saturated heterocycles. The van der Waals surface area contributed by atoms with E-state index in [1.54, 1.807) is 7.11 Å². The summed E-state index contributed by atoms with van der Waals surface area (Å²) in [5.41, 5.74) is 5.77. The van der Waals surface area contributed by atoms with Crippen molar-refractivity contribution in [2.45, 2.75) is 38.8 Å². The highest BCUT2D eigenvalue weighted by Crippen LogP contribution is 2.32. The van der Waals surface area contributed by atoms with Crippen LogP contribution in [0.4, 0.5) is 0 Å². The first-order valence-electron chi connectivity index (χ1n) is 5.61. The van der Waals surface area contributed by atoms with E-state index in [0.717, 1.165) is 0 Å². The molecule has 0 heterocycles. The summed E-state index contributed by atoms with van der Waals surface area (Å²) < 4.78 is 5.09. The molecule has 4 nitrogen and oxygen atoms in total. The molecule has 1 rings (SSSR count). The van der Waals surface area contributed by atoms with Crippen LogP contribution in [0.1, 0.15) is 26.7 Å². The zero-order chi connectivity index (χ0) is 11.4. The Bertz CT molecular complexity index is 215. The summed E-state index contributed by atoms with van der Waals surface area (Å²) in [6.45, 7) is 4.49. The number of amides is 1. The highest BCUT2D eigenvalue weighted by Gasteiger charge is 2.33. The van der Waals surface area contributed by atoms with Gasteiger partial charge in [-0.05, 0) is 24.7 Å². The number of rotatable bonds is 6. The maximum atomic E-state index is 11.7. The second-order valence-electron chi connectivity index (χ2n) is 4.68. The van der Waals surface area contributed by atoms with Crippen molar-refractivity contribution in [1.29, 1.82) is 0 Å². The monoisotopic (exact) mass is 214 g/mol. The number of nitrogens with two attached hydrogens (primary N) is 1. The first-order chi connectivity index (χ1) is 7.06. The number of carbonyl (C=O) groups is 1. The van der Waals surface area contributed by atoms with Crippen molar-refractivity contribution < 1.29 is 9.53 Å². The normalized spacial score (nSPS) is 20.1. The topological polar surface area (TPSA) is 64.3 Å². The molecule has 2 atom stereocenters. The maximum absolute atomic E-state index is 11.7. The van der Waals surface area contributed by atoms with E-state index in [1.165, 1.54) is 12.8 Å². The van der Waals surface area contributed by atoms with Gasteiger partial charge in [-0.25, -0.2) is 0 Å². The fourth-order valence-electron chi connectivity index (χ4n) is 1.56. The molecule has 1 aliphatic carbocycles. The zero-order valence-electron chi connectivity index (χ0n) is 9.82. The second kappa shape index (κ2) is 5.47. The van der Waals surface area contributed by atoms with Crippen molar-refractivity contribution in [3.05, 3.63) is 0 Å². The van der Waals surface area contributed by atoms with Crippen molar-refractivity contribution in [3.8, 4) is 0 Å². The van der Waals surface area contributed by atoms with E-state index in [-0.39, 0.29) is 17.9 Å². The molecule has 0 bridgehead atoms. The van der Waals surface area contributed by atoms with Gasteiger partial charge in [-0.15, -0.1) is 0 Å². The molecular formula is C11H22N2O2. The fraction of sp³-hybridized carbons (Fsp3) is 0.909. The lowest BCUT2D eigenvalue weighted by Crippen LogP contribution is -2.49. The second-order valence-corrected chi connectivity index (χ2v) is 4.68. The number of methoxy groups -OCH3 is 1. The molecule has 0 aromatic carbocycles. The fourth-order valence-corrected chi connectivity index (χ4v) is 1.56. The predicted octanol–water partition coefficient (Wildman–Crippen LogP) is 0.511. The Balaban J connectivity index is 2.39. The molecule has 4 heteroatoms. The van der Waals surface area contributed by atoms with Gasteiger partial charge in [-0.3, -0.25) is 4.79 Å². The van der Waals surface area contributed by atoms with Crippen LogP contribution in [0.25, 0.3) is 0 Å². The molecule has 0 aromatic rings. The third kappa shape index (κ3) is 3.80. The number of hydrogen-bond donors (Lipinski definition) is 2. The molecule has 1 saturated carbocycles. The van der Waals surface area contributed by atoms with Crippen LogP contribution < -0.4 is 11.1 Å². The van der Waals surface area contributed by atoms with Crippen LogP contribution in [0.3, 0.4) is 0 Å².